The van der Waals surface area contributed by atoms with Gasteiger partial charge in [0.25, 0.3) is 0 Å². The lowest BCUT2D eigenvalue weighted by atomic mass is 10.0. The van der Waals surface area contributed by atoms with Crippen molar-refractivity contribution in [2.24, 2.45) is 11.7 Å². The Morgan fingerprint density at radius 1 is 1.33 bits per heavy atom. The predicted octanol–water partition coefficient (Wildman–Crippen LogP) is 1.60. The van der Waals surface area contributed by atoms with Crippen LogP contribution in [0.5, 0.6) is 0 Å². The summed E-state index contributed by atoms with van der Waals surface area (Å²) >= 11 is 0. The lowest BCUT2D eigenvalue weighted by molar-refractivity contribution is -0.124. The number of hydrogen-bond acceptors (Lipinski definition) is 3. The Bertz CT molecular complexity index is 251. The van der Waals surface area contributed by atoms with Gasteiger partial charge in [0.15, 0.2) is 0 Å². The van der Waals surface area contributed by atoms with Gasteiger partial charge in [0.05, 0.1) is 6.54 Å². The first kappa shape index (κ1) is 17.4. The molecule has 4 heteroatoms. The molecule has 0 rings (SSSR count). The van der Waals surface area contributed by atoms with Crippen molar-refractivity contribution in [2.45, 2.75) is 59.5 Å². The van der Waals surface area contributed by atoms with Crippen LogP contribution in [0.1, 0.15) is 48.0 Å². The summed E-state index contributed by atoms with van der Waals surface area (Å²) in [5.41, 5.74) is 5.66. The number of hydrogen-bond donors (Lipinski definition) is 2. The highest BCUT2D eigenvalue weighted by molar-refractivity contribution is 5.78. The normalized spacial score (nSPS) is 14.1. The molecular formula is C14H31N3O. The topological polar surface area (TPSA) is 58.4 Å². The molecule has 0 spiro atoms. The molecule has 0 radical (unpaired) electrons. The van der Waals surface area contributed by atoms with Crippen LogP contribution in [0.15, 0.2) is 0 Å². The molecule has 0 bridgehead atoms. The summed E-state index contributed by atoms with van der Waals surface area (Å²) in [5.74, 6) is 0.544. The van der Waals surface area contributed by atoms with Crippen molar-refractivity contribution >= 4 is 5.91 Å². The van der Waals surface area contributed by atoms with Gasteiger partial charge in [0, 0.05) is 18.1 Å². The molecule has 3 N–H and O–H groups in total. The number of nitrogens with two attached hydrogens (primary N) is 1. The molecule has 0 aliphatic carbocycles. The zero-order valence-corrected chi connectivity index (χ0v) is 12.9. The largest absolute Gasteiger partial charge is 0.352 e. The van der Waals surface area contributed by atoms with Crippen molar-refractivity contribution in [1.82, 2.24) is 10.2 Å². The molecule has 0 saturated carbocycles. The number of amides is 1. The Morgan fingerprint density at radius 3 is 2.28 bits per heavy atom. The minimum absolute atomic E-state index is 0.0891. The van der Waals surface area contributed by atoms with E-state index in [1.165, 1.54) is 0 Å². The van der Waals surface area contributed by atoms with Gasteiger partial charge in [-0.15, -0.1) is 0 Å². The lowest BCUT2D eigenvalue weighted by Gasteiger charge is -2.37. The summed E-state index contributed by atoms with van der Waals surface area (Å²) in [5, 5.41) is 3.04. The molecule has 0 heterocycles. The number of carbonyl (C=O) groups excluding carboxylic acids is 1. The van der Waals surface area contributed by atoms with E-state index in [4.69, 9.17) is 5.73 Å². The molecule has 0 aliphatic heterocycles. The van der Waals surface area contributed by atoms with Crippen molar-refractivity contribution in [2.75, 3.05) is 19.6 Å². The molecular weight excluding hydrogens is 226 g/mol. The minimum atomic E-state index is -0.131. The second kappa shape index (κ2) is 7.74. The van der Waals surface area contributed by atoms with E-state index in [0.717, 1.165) is 13.0 Å². The molecule has 1 amide bonds. The lowest BCUT2D eigenvalue weighted by Crippen LogP contribution is -2.54. The van der Waals surface area contributed by atoms with E-state index in [9.17, 15) is 4.79 Å². The molecule has 1 atom stereocenters. The number of nitrogens with one attached hydrogen (secondary N) is 1. The third-order valence-electron chi connectivity index (χ3n) is 3.57. The van der Waals surface area contributed by atoms with E-state index in [0.29, 0.717) is 19.0 Å². The van der Waals surface area contributed by atoms with Crippen molar-refractivity contribution < 1.29 is 4.79 Å². The third-order valence-corrected chi connectivity index (χ3v) is 3.57. The summed E-state index contributed by atoms with van der Waals surface area (Å²) in [7, 11) is 0. The van der Waals surface area contributed by atoms with Crippen LogP contribution < -0.4 is 11.1 Å². The van der Waals surface area contributed by atoms with Gasteiger partial charge in [-0.25, -0.2) is 0 Å². The van der Waals surface area contributed by atoms with Crippen LogP contribution in [0.4, 0.5) is 0 Å². The average Bonchev–Trinajstić information content (AvgIpc) is 2.28. The van der Waals surface area contributed by atoms with E-state index < -0.39 is 0 Å². The van der Waals surface area contributed by atoms with Gasteiger partial charge in [0.2, 0.25) is 5.91 Å². The quantitative estimate of drug-likeness (QED) is 0.694. The fourth-order valence-electron chi connectivity index (χ4n) is 1.63. The van der Waals surface area contributed by atoms with Crippen LogP contribution in [0.25, 0.3) is 0 Å². The smallest absolute Gasteiger partial charge is 0.234 e. The van der Waals surface area contributed by atoms with E-state index in [1.807, 2.05) is 6.92 Å². The van der Waals surface area contributed by atoms with Gasteiger partial charge in [-0.2, -0.15) is 0 Å². The maximum absolute atomic E-state index is 12.0. The molecule has 0 aromatic rings. The zero-order chi connectivity index (χ0) is 14.3. The fraction of sp³-hybridized carbons (Fsp3) is 0.929. The fourth-order valence-corrected chi connectivity index (χ4v) is 1.63. The average molecular weight is 257 g/mol. The molecule has 0 fully saturated rings. The van der Waals surface area contributed by atoms with Gasteiger partial charge in [0.1, 0.15) is 0 Å². The second-order valence-electron chi connectivity index (χ2n) is 6.04. The van der Waals surface area contributed by atoms with Crippen LogP contribution in [0.2, 0.25) is 0 Å². The predicted molar refractivity (Wildman–Crippen MR) is 77.4 cm³/mol. The molecule has 0 aromatic carbocycles. The Hall–Kier alpha value is -0.610. The van der Waals surface area contributed by atoms with Gasteiger partial charge < -0.3 is 11.1 Å². The van der Waals surface area contributed by atoms with E-state index >= 15 is 0 Å². The minimum Gasteiger partial charge on any atom is -0.352 e. The van der Waals surface area contributed by atoms with Crippen LogP contribution in [-0.2, 0) is 4.79 Å². The van der Waals surface area contributed by atoms with Crippen molar-refractivity contribution in [3.63, 3.8) is 0 Å². The Morgan fingerprint density at radius 2 is 1.89 bits per heavy atom. The monoisotopic (exact) mass is 257 g/mol. The Kier molecular flexibility index (Phi) is 7.48. The first-order valence-corrected chi connectivity index (χ1v) is 6.99. The zero-order valence-electron chi connectivity index (χ0n) is 12.9. The van der Waals surface area contributed by atoms with Gasteiger partial charge in [-0.1, -0.05) is 20.8 Å². The van der Waals surface area contributed by atoms with E-state index in [2.05, 4.69) is 44.8 Å². The summed E-state index contributed by atoms with van der Waals surface area (Å²) in [4.78, 5) is 14.2. The van der Waals surface area contributed by atoms with E-state index in [-0.39, 0.29) is 17.5 Å². The van der Waals surface area contributed by atoms with Gasteiger partial charge in [-0.3, -0.25) is 9.69 Å². The third kappa shape index (κ3) is 5.83. The highest BCUT2D eigenvalue weighted by Crippen LogP contribution is 2.13. The van der Waals surface area contributed by atoms with E-state index in [1.54, 1.807) is 0 Å². The van der Waals surface area contributed by atoms with Crippen molar-refractivity contribution in [3.05, 3.63) is 0 Å². The molecule has 0 saturated heterocycles. The number of nitrogens with zero attached hydrogens (tertiary/aromatic N) is 1. The first-order valence-electron chi connectivity index (χ1n) is 6.99. The summed E-state index contributed by atoms with van der Waals surface area (Å²) < 4.78 is 0. The van der Waals surface area contributed by atoms with Crippen LogP contribution in [0.3, 0.4) is 0 Å². The molecule has 0 aliphatic rings. The van der Waals surface area contributed by atoms with Crippen LogP contribution in [0, 0.1) is 5.92 Å². The Balaban J connectivity index is 4.46. The van der Waals surface area contributed by atoms with Crippen LogP contribution >= 0.6 is 0 Å². The highest BCUT2D eigenvalue weighted by atomic mass is 16.2. The number of rotatable bonds is 8. The Labute approximate surface area is 112 Å². The SMILES string of the molecule is CCCN(CC(=O)NC(C)C(C)C)C(C)(C)CN. The highest BCUT2D eigenvalue weighted by Gasteiger charge is 2.26. The van der Waals surface area contributed by atoms with Crippen molar-refractivity contribution in [3.8, 4) is 0 Å². The molecule has 0 aromatic heterocycles. The maximum atomic E-state index is 12.0. The molecule has 18 heavy (non-hydrogen) atoms. The first-order chi connectivity index (χ1) is 8.24. The number of carbonyl (C=O) groups is 1. The molecule has 1 unspecified atom stereocenters. The molecule has 108 valence electrons. The standard InChI is InChI=1S/C14H31N3O/c1-7-8-17(14(5,6)10-15)9-13(18)16-12(4)11(2)3/h11-12H,7-10,15H2,1-6H3,(H,16,18). The second-order valence-corrected chi connectivity index (χ2v) is 6.04. The summed E-state index contributed by atoms with van der Waals surface area (Å²) in [6.45, 7) is 14.4. The van der Waals surface area contributed by atoms with Crippen molar-refractivity contribution in [1.29, 1.82) is 0 Å². The summed E-state index contributed by atoms with van der Waals surface area (Å²) in [6, 6.07) is 0.210. The van der Waals surface area contributed by atoms with Gasteiger partial charge in [-0.05, 0) is 39.7 Å². The maximum Gasteiger partial charge on any atom is 0.234 e. The molecule has 4 nitrogen and oxygen atoms in total. The van der Waals surface area contributed by atoms with Gasteiger partial charge >= 0.3 is 0 Å². The van der Waals surface area contributed by atoms with Crippen LogP contribution in [-0.4, -0.2) is 42.0 Å². The summed E-state index contributed by atoms with van der Waals surface area (Å²) in [6.07, 6.45) is 1.02.